The van der Waals surface area contributed by atoms with E-state index in [1.165, 1.54) is 38.9 Å². The standard InChI is InChI=1S/C22H31N5O.HI/c1-2-23-22(27-13-10-18(16-27)15-26-11-6-7-12-26)24-14-20-17-28-21(25-20)19-8-4-3-5-9-19;/h3-5,8-9,17-18H,2,6-7,10-16H2,1H3,(H,23,24);1H. The predicted molar refractivity (Wildman–Crippen MR) is 128 cm³/mol. The highest BCUT2D eigenvalue weighted by atomic mass is 127. The Morgan fingerprint density at radius 2 is 2.00 bits per heavy atom. The van der Waals surface area contributed by atoms with Crippen LogP contribution < -0.4 is 5.32 Å². The van der Waals surface area contributed by atoms with Crippen LogP contribution in [-0.2, 0) is 6.54 Å². The number of aromatic nitrogens is 1. The summed E-state index contributed by atoms with van der Waals surface area (Å²) in [5.74, 6) is 2.40. The van der Waals surface area contributed by atoms with Crippen molar-refractivity contribution in [1.29, 1.82) is 0 Å². The van der Waals surface area contributed by atoms with Gasteiger partial charge in [-0.3, -0.25) is 0 Å². The predicted octanol–water partition coefficient (Wildman–Crippen LogP) is 3.84. The minimum Gasteiger partial charge on any atom is -0.444 e. The van der Waals surface area contributed by atoms with Gasteiger partial charge in [-0.05, 0) is 57.3 Å². The Labute approximate surface area is 190 Å². The SMILES string of the molecule is CCNC(=NCc1coc(-c2ccccc2)n1)N1CCC(CN2CCCC2)C1.I. The summed E-state index contributed by atoms with van der Waals surface area (Å²) < 4.78 is 5.64. The fourth-order valence-electron chi connectivity index (χ4n) is 4.18. The largest absolute Gasteiger partial charge is 0.444 e. The maximum absolute atomic E-state index is 5.64. The number of hydrogen-bond acceptors (Lipinski definition) is 4. The van der Waals surface area contributed by atoms with Crippen molar-refractivity contribution in [3.8, 4) is 11.5 Å². The van der Waals surface area contributed by atoms with Gasteiger partial charge in [0.2, 0.25) is 5.89 Å². The van der Waals surface area contributed by atoms with E-state index in [1.807, 2.05) is 30.3 Å². The Hall–Kier alpha value is -1.61. The van der Waals surface area contributed by atoms with Crippen LogP contribution >= 0.6 is 24.0 Å². The Balaban J connectivity index is 0.00000240. The Morgan fingerprint density at radius 3 is 2.76 bits per heavy atom. The fourth-order valence-corrected chi connectivity index (χ4v) is 4.18. The van der Waals surface area contributed by atoms with Gasteiger partial charge >= 0.3 is 0 Å². The van der Waals surface area contributed by atoms with Crippen molar-refractivity contribution in [2.75, 3.05) is 39.3 Å². The zero-order chi connectivity index (χ0) is 19.2. The first-order chi connectivity index (χ1) is 13.8. The van der Waals surface area contributed by atoms with Crippen LogP contribution in [0.15, 0.2) is 46.0 Å². The van der Waals surface area contributed by atoms with Crippen LogP contribution in [0.25, 0.3) is 11.5 Å². The summed E-state index contributed by atoms with van der Waals surface area (Å²) in [7, 11) is 0. The first kappa shape index (κ1) is 22.1. The number of likely N-dealkylation sites (tertiary alicyclic amines) is 2. The van der Waals surface area contributed by atoms with Crippen molar-refractivity contribution in [3.05, 3.63) is 42.3 Å². The average molecular weight is 509 g/mol. The number of aliphatic imine (C=N–C) groups is 1. The molecule has 2 saturated heterocycles. The van der Waals surface area contributed by atoms with Gasteiger partial charge < -0.3 is 19.5 Å². The number of nitrogens with one attached hydrogen (secondary N) is 1. The number of nitrogens with zero attached hydrogens (tertiary/aromatic N) is 4. The van der Waals surface area contributed by atoms with E-state index in [1.54, 1.807) is 6.26 Å². The van der Waals surface area contributed by atoms with Crippen molar-refractivity contribution in [2.24, 2.45) is 10.9 Å². The summed E-state index contributed by atoms with van der Waals surface area (Å²) >= 11 is 0. The number of rotatable bonds is 6. The molecular weight excluding hydrogens is 477 g/mol. The molecule has 1 aromatic carbocycles. The number of guanidine groups is 1. The highest BCUT2D eigenvalue weighted by Crippen LogP contribution is 2.21. The van der Waals surface area contributed by atoms with E-state index in [0.29, 0.717) is 12.4 Å². The summed E-state index contributed by atoms with van der Waals surface area (Å²) in [6.07, 6.45) is 5.70. The van der Waals surface area contributed by atoms with Gasteiger partial charge in [-0.15, -0.1) is 24.0 Å². The van der Waals surface area contributed by atoms with Crippen LogP contribution in [0, 0.1) is 5.92 Å². The average Bonchev–Trinajstić information content (AvgIpc) is 3.48. The molecule has 6 nitrogen and oxygen atoms in total. The first-order valence-electron chi connectivity index (χ1n) is 10.6. The van der Waals surface area contributed by atoms with Gasteiger partial charge in [0.15, 0.2) is 5.96 Å². The van der Waals surface area contributed by atoms with Gasteiger partial charge in [0.05, 0.1) is 6.54 Å². The van der Waals surface area contributed by atoms with Crippen LogP contribution in [-0.4, -0.2) is 60.0 Å². The van der Waals surface area contributed by atoms with Gasteiger partial charge in [-0.1, -0.05) is 18.2 Å². The monoisotopic (exact) mass is 509 g/mol. The topological polar surface area (TPSA) is 56.9 Å². The van der Waals surface area contributed by atoms with Crippen molar-refractivity contribution in [2.45, 2.75) is 32.7 Å². The van der Waals surface area contributed by atoms with Crippen molar-refractivity contribution < 1.29 is 4.42 Å². The molecule has 29 heavy (non-hydrogen) atoms. The molecule has 1 aromatic heterocycles. The lowest BCUT2D eigenvalue weighted by Gasteiger charge is -2.23. The molecule has 0 spiro atoms. The Morgan fingerprint density at radius 1 is 1.21 bits per heavy atom. The molecule has 1 N–H and O–H groups in total. The summed E-state index contributed by atoms with van der Waals surface area (Å²) in [5.41, 5.74) is 1.86. The van der Waals surface area contributed by atoms with Crippen LogP contribution in [0.2, 0.25) is 0 Å². The molecule has 0 radical (unpaired) electrons. The van der Waals surface area contributed by atoms with Gasteiger partial charge in [-0.25, -0.2) is 9.98 Å². The van der Waals surface area contributed by atoms with Gasteiger partial charge in [0.25, 0.3) is 0 Å². The summed E-state index contributed by atoms with van der Waals surface area (Å²) in [4.78, 5) is 14.5. The smallest absolute Gasteiger partial charge is 0.226 e. The van der Waals surface area contributed by atoms with Crippen LogP contribution in [0.1, 0.15) is 31.9 Å². The van der Waals surface area contributed by atoms with Gasteiger partial charge in [0.1, 0.15) is 12.0 Å². The quantitative estimate of drug-likeness (QED) is 0.365. The molecule has 2 aromatic rings. The molecule has 1 atom stereocenters. The van der Waals surface area contributed by atoms with Crippen molar-refractivity contribution in [3.63, 3.8) is 0 Å². The third kappa shape index (κ3) is 5.94. The number of hydrogen-bond donors (Lipinski definition) is 1. The summed E-state index contributed by atoms with van der Waals surface area (Å²) in [6, 6.07) is 9.99. The van der Waals surface area contributed by atoms with Gasteiger partial charge in [-0.2, -0.15) is 0 Å². The third-order valence-corrected chi connectivity index (χ3v) is 5.60. The molecule has 0 amide bonds. The van der Waals surface area contributed by atoms with E-state index < -0.39 is 0 Å². The molecule has 1 unspecified atom stereocenters. The second kappa shape index (κ2) is 11.0. The molecule has 0 bridgehead atoms. The van der Waals surface area contributed by atoms with E-state index in [2.05, 4.69) is 27.0 Å². The van der Waals surface area contributed by atoms with Crippen molar-refractivity contribution in [1.82, 2.24) is 20.1 Å². The molecule has 2 fully saturated rings. The van der Waals surface area contributed by atoms with Crippen LogP contribution in [0.5, 0.6) is 0 Å². The maximum atomic E-state index is 5.64. The van der Waals surface area contributed by atoms with Crippen LogP contribution in [0.3, 0.4) is 0 Å². The molecule has 2 aliphatic rings. The minimum atomic E-state index is 0. The minimum absolute atomic E-state index is 0. The zero-order valence-corrected chi connectivity index (χ0v) is 19.5. The second-order valence-electron chi connectivity index (χ2n) is 7.79. The highest BCUT2D eigenvalue weighted by Gasteiger charge is 2.27. The van der Waals surface area contributed by atoms with Gasteiger partial charge in [0, 0.05) is 31.7 Å². The third-order valence-electron chi connectivity index (χ3n) is 5.60. The lowest BCUT2D eigenvalue weighted by atomic mass is 10.1. The van der Waals surface area contributed by atoms with Crippen molar-refractivity contribution >= 4 is 29.9 Å². The summed E-state index contributed by atoms with van der Waals surface area (Å²) in [6.45, 7) is 9.50. The normalized spacial score (nSPS) is 20.1. The summed E-state index contributed by atoms with van der Waals surface area (Å²) in [5, 5.41) is 3.45. The molecule has 0 saturated carbocycles. The number of benzene rings is 1. The molecule has 4 rings (SSSR count). The van der Waals surface area contributed by atoms with E-state index >= 15 is 0 Å². The molecule has 7 heteroatoms. The van der Waals surface area contributed by atoms with E-state index in [0.717, 1.165) is 42.8 Å². The molecular formula is C22H32IN5O. The lowest BCUT2D eigenvalue weighted by Crippen LogP contribution is -2.40. The first-order valence-corrected chi connectivity index (χ1v) is 10.6. The fraction of sp³-hybridized carbons (Fsp3) is 0.545. The zero-order valence-electron chi connectivity index (χ0n) is 17.2. The lowest BCUT2D eigenvalue weighted by molar-refractivity contribution is 0.281. The Bertz CT molecular complexity index is 773. The highest BCUT2D eigenvalue weighted by molar-refractivity contribution is 14.0. The van der Waals surface area contributed by atoms with Crippen LogP contribution in [0.4, 0.5) is 0 Å². The molecule has 0 aliphatic carbocycles. The van der Waals surface area contributed by atoms with E-state index in [4.69, 9.17) is 9.41 Å². The molecule has 3 heterocycles. The molecule has 2 aliphatic heterocycles. The second-order valence-corrected chi connectivity index (χ2v) is 7.79. The van der Waals surface area contributed by atoms with E-state index in [-0.39, 0.29) is 24.0 Å². The molecule has 158 valence electrons. The number of halogens is 1. The Kier molecular flexibility index (Phi) is 8.35. The number of oxazole rings is 1. The maximum Gasteiger partial charge on any atom is 0.226 e. The van der Waals surface area contributed by atoms with E-state index in [9.17, 15) is 0 Å².